The van der Waals surface area contributed by atoms with Gasteiger partial charge in [-0.1, -0.05) is 6.92 Å². The molecule has 0 spiro atoms. The van der Waals surface area contributed by atoms with Crippen LogP contribution in [0.3, 0.4) is 0 Å². The number of ether oxygens (including phenoxy) is 1. The minimum absolute atomic E-state index is 0.0217. The Hall–Kier alpha value is 0.250. The number of hydrogen-bond acceptors (Lipinski definition) is 1. The fourth-order valence-electron chi connectivity index (χ4n) is 2.71. The summed E-state index contributed by atoms with van der Waals surface area (Å²) in [5.74, 6) is 0.653. The highest BCUT2D eigenvalue weighted by Crippen LogP contribution is 2.44. The molecular weight excluding hydrogens is 208 g/mol. The molecule has 0 aromatic rings. The summed E-state index contributed by atoms with van der Waals surface area (Å²) in [6, 6.07) is 0. The predicted molar refractivity (Wildman–Crippen MR) is 66.5 cm³/mol. The maximum absolute atomic E-state index is 6.17. The van der Waals surface area contributed by atoms with E-state index in [4.69, 9.17) is 16.3 Å². The number of rotatable bonds is 4. The molecule has 2 unspecified atom stereocenters. The average molecular weight is 233 g/mol. The Morgan fingerprint density at radius 1 is 1.33 bits per heavy atom. The van der Waals surface area contributed by atoms with E-state index in [9.17, 15) is 0 Å². The topological polar surface area (TPSA) is 9.23 Å². The van der Waals surface area contributed by atoms with Gasteiger partial charge in [0, 0.05) is 5.38 Å². The van der Waals surface area contributed by atoms with Crippen LogP contribution in [0.25, 0.3) is 0 Å². The third kappa shape index (κ3) is 3.64. The molecule has 0 aliphatic carbocycles. The Labute approximate surface area is 99.5 Å². The molecule has 0 radical (unpaired) electrons. The molecule has 1 nitrogen and oxygen atoms in total. The third-order valence-electron chi connectivity index (χ3n) is 3.53. The predicted octanol–water partition coefficient (Wildman–Crippen LogP) is 4.38. The van der Waals surface area contributed by atoms with E-state index in [-0.39, 0.29) is 11.2 Å². The van der Waals surface area contributed by atoms with Gasteiger partial charge in [0.25, 0.3) is 0 Å². The molecule has 0 amide bonds. The van der Waals surface area contributed by atoms with Gasteiger partial charge in [-0.25, -0.2) is 0 Å². The molecule has 2 atom stereocenters. The molecule has 1 saturated heterocycles. The van der Waals surface area contributed by atoms with Crippen molar-refractivity contribution in [1.29, 1.82) is 0 Å². The second-order valence-electron chi connectivity index (χ2n) is 5.95. The van der Waals surface area contributed by atoms with Crippen LogP contribution in [0.1, 0.15) is 60.3 Å². The smallest absolute Gasteiger partial charge is 0.0662 e. The van der Waals surface area contributed by atoms with Crippen LogP contribution >= 0.6 is 11.6 Å². The van der Waals surface area contributed by atoms with E-state index in [2.05, 4.69) is 34.6 Å². The Balaban J connectivity index is 2.48. The summed E-state index contributed by atoms with van der Waals surface area (Å²) in [5, 5.41) is 0.338. The molecular formula is C13H25ClO. The van der Waals surface area contributed by atoms with Crippen LogP contribution in [0.4, 0.5) is 0 Å². The van der Waals surface area contributed by atoms with Crippen molar-refractivity contribution in [3.8, 4) is 0 Å². The SMILES string of the molecule is CCC(Cl)CCC1CC(C)(C)OC1(C)C. The lowest BCUT2D eigenvalue weighted by molar-refractivity contribution is -0.0753. The van der Waals surface area contributed by atoms with Gasteiger partial charge in [-0.15, -0.1) is 11.6 Å². The highest BCUT2D eigenvalue weighted by Gasteiger charge is 2.45. The third-order valence-corrected chi connectivity index (χ3v) is 4.06. The fourth-order valence-corrected chi connectivity index (χ4v) is 2.84. The first-order valence-corrected chi connectivity index (χ1v) is 6.55. The first-order valence-electron chi connectivity index (χ1n) is 6.11. The Morgan fingerprint density at radius 2 is 1.93 bits per heavy atom. The van der Waals surface area contributed by atoms with E-state index >= 15 is 0 Å². The average Bonchev–Trinajstić information content (AvgIpc) is 2.29. The van der Waals surface area contributed by atoms with Gasteiger partial charge in [0.1, 0.15) is 0 Å². The van der Waals surface area contributed by atoms with Gasteiger partial charge in [-0.3, -0.25) is 0 Å². The second-order valence-corrected chi connectivity index (χ2v) is 6.57. The molecule has 0 bridgehead atoms. The molecule has 0 N–H and O–H groups in total. The minimum Gasteiger partial charge on any atom is -0.369 e. The number of hydrogen-bond donors (Lipinski definition) is 0. The summed E-state index contributed by atoms with van der Waals surface area (Å²) < 4.78 is 6.07. The van der Waals surface area contributed by atoms with Gasteiger partial charge < -0.3 is 4.74 Å². The molecule has 15 heavy (non-hydrogen) atoms. The van der Waals surface area contributed by atoms with E-state index in [1.54, 1.807) is 0 Å². The number of alkyl halides is 1. The Kier molecular flexibility index (Phi) is 4.11. The first-order chi connectivity index (χ1) is 6.77. The fraction of sp³-hybridized carbons (Fsp3) is 1.00. The second kappa shape index (κ2) is 4.63. The molecule has 1 aliphatic heterocycles. The lowest BCUT2D eigenvalue weighted by Gasteiger charge is -2.27. The summed E-state index contributed by atoms with van der Waals surface area (Å²) in [5.41, 5.74) is 0.0655. The van der Waals surface area contributed by atoms with Gasteiger partial charge in [0.15, 0.2) is 0 Å². The van der Waals surface area contributed by atoms with E-state index in [1.807, 2.05) is 0 Å². The molecule has 1 heterocycles. The van der Waals surface area contributed by atoms with Crippen LogP contribution in [0.15, 0.2) is 0 Å². The van der Waals surface area contributed by atoms with Crippen LogP contribution in [0, 0.1) is 5.92 Å². The minimum atomic E-state index is 0.0217. The Morgan fingerprint density at radius 3 is 2.33 bits per heavy atom. The summed E-state index contributed by atoms with van der Waals surface area (Å²) in [6.45, 7) is 10.9. The lowest BCUT2D eigenvalue weighted by atomic mass is 9.83. The van der Waals surface area contributed by atoms with Crippen LogP contribution in [-0.2, 0) is 4.74 Å². The standard InChI is InChI=1S/C13H25ClO/c1-6-11(14)8-7-10-9-12(2,3)15-13(10,4)5/h10-11H,6-9H2,1-5H3. The van der Waals surface area contributed by atoms with Crippen LogP contribution in [-0.4, -0.2) is 16.6 Å². The highest BCUT2D eigenvalue weighted by molar-refractivity contribution is 6.20. The molecule has 90 valence electrons. The molecule has 1 rings (SSSR count). The van der Waals surface area contributed by atoms with Gasteiger partial charge >= 0.3 is 0 Å². The van der Waals surface area contributed by atoms with Crippen LogP contribution in [0.2, 0.25) is 0 Å². The quantitative estimate of drug-likeness (QED) is 0.654. The zero-order chi connectivity index (χ0) is 11.7. The van der Waals surface area contributed by atoms with E-state index in [0.717, 1.165) is 19.3 Å². The van der Waals surface area contributed by atoms with Gasteiger partial charge in [-0.2, -0.15) is 0 Å². The molecule has 1 aliphatic rings. The Bertz CT molecular complexity index is 211. The van der Waals surface area contributed by atoms with Crippen molar-refractivity contribution in [1.82, 2.24) is 0 Å². The van der Waals surface area contributed by atoms with E-state index in [0.29, 0.717) is 11.3 Å². The van der Waals surface area contributed by atoms with Crippen LogP contribution in [0.5, 0.6) is 0 Å². The monoisotopic (exact) mass is 232 g/mol. The zero-order valence-corrected chi connectivity index (χ0v) is 11.5. The molecule has 2 heteroatoms. The molecule has 0 aromatic heterocycles. The largest absolute Gasteiger partial charge is 0.369 e. The van der Waals surface area contributed by atoms with Gasteiger partial charge in [0.05, 0.1) is 11.2 Å². The van der Waals surface area contributed by atoms with Crippen molar-refractivity contribution in [2.24, 2.45) is 5.92 Å². The zero-order valence-electron chi connectivity index (χ0n) is 10.8. The van der Waals surface area contributed by atoms with Crippen molar-refractivity contribution in [3.05, 3.63) is 0 Å². The maximum Gasteiger partial charge on any atom is 0.0662 e. The van der Waals surface area contributed by atoms with Gasteiger partial charge in [-0.05, 0) is 59.3 Å². The van der Waals surface area contributed by atoms with E-state index in [1.165, 1.54) is 6.42 Å². The van der Waals surface area contributed by atoms with Crippen molar-refractivity contribution < 1.29 is 4.74 Å². The van der Waals surface area contributed by atoms with Crippen molar-refractivity contribution >= 4 is 11.6 Å². The molecule has 0 saturated carbocycles. The summed E-state index contributed by atoms with van der Waals surface area (Å²) in [6.07, 6.45) is 4.54. The highest BCUT2D eigenvalue weighted by atomic mass is 35.5. The van der Waals surface area contributed by atoms with Crippen molar-refractivity contribution in [2.45, 2.75) is 76.9 Å². The normalized spacial score (nSPS) is 30.4. The summed E-state index contributed by atoms with van der Waals surface area (Å²) in [7, 11) is 0. The van der Waals surface area contributed by atoms with Gasteiger partial charge in [0.2, 0.25) is 0 Å². The summed E-state index contributed by atoms with van der Waals surface area (Å²) >= 11 is 6.17. The molecule has 1 fully saturated rings. The van der Waals surface area contributed by atoms with Crippen LogP contribution < -0.4 is 0 Å². The number of halogens is 1. The summed E-state index contributed by atoms with van der Waals surface area (Å²) in [4.78, 5) is 0. The molecule has 0 aromatic carbocycles. The first kappa shape index (κ1) is 13.3. The van der Waals surface area contributed by atoms with Crippen molar-refractivity contribution in [2.75, 3.05) is 0 Å². The van der Waals surface area contributed by atoms with E-state index < -0.39 is 0 Å². The van der Waals surface area contributed by atoms with Crippen molar-refractivity contribution in [3.63, 3.8) is 0 Å². The maximum atomic E-state index is 6.17. The lowest BCUT2D eigenvalue weighted by Crippen LogP contribution is -2.29.